The molecular formula is C9H17ClN2O5S. The second-order valence-electron chi connectivity index (χ2n) is 3.49. The molecule has 0 spiro atoms. The maximum atomic E-state index is 11.2. The third-order valence-electron chi connectivity index (χ3n) is 1.84. The molecule has 2 atom stereocenters. The molecule has 1 amide bonds. The van der Waals surface area contributed by atoms with Crippen LogP contribution in [0.3, 0.4) is 0 Å². The topological polar surface area (TPSA) is 130 Å². The molecule has 7 nitrogen and oxygen atoms in total. The zero-order valence-electron chi connectivity index (χ0n) is 9.79. The standard InChI is InChI=1S/C9H16N2O5S.ClH/c1-5(9(15)16)3-17-4-6(10)8(14)11-2-7(12)13;/h5-6H,2-4,10H2,1H3,(H,11,14)(H,12,13)(H,15,16);1H/t5?,6-;/m0./s1. The monoisotopic (exact) mass is 300 g/mol. The van der Waals surface area contributed by atoms with Crippen LogP contribution in [0.25, 0.3) is 0 Å². The van der Waals surface area contributed by atoms with Crippen molar-refractivity contribution < 1.29 is 24.6 Å². The molecule has 0 aromatic heterocycles. The number of rotatable bonds is 8. The van der Waals surface area contributed by atoms with Crippen LogP contribution in [-0.4, -0.2) is 52.2 Å². The van der Waals surface area contributed by atoms with Crippen LogP contribution in [0.2, 0.25) is 0 Å². The summed E-state index contributed by atoms with van der Waals surface area (Å²) < 4.78 is 0. The maximum absolute atomic E-state index is 11.2. The molecule has 0 bridgehead atoms. The van der Waals surface area contributed by atoms with E-state index in [1.807, 2.05) is 0 Å². The number of nitrogens with one attached hydrogen (secondary N) is 1. The number of carbonyl (C=O) groups is 3. The van der Waals surface area contributed by atoms with E-state index < -0.39 is 36.4 Å². The van der Waals surface area contributed by atoms with Gasteiger partial charge in [0.2, 0.25) is 5.91 Å². The Morgan fingerprint density at radius 2 is 1.83 bits per heavy atom. The largest absolute Gasteiger partial charge is 0.481 e. The smallest absolute Gasteiger partial charge is 0.322 e. The van der Waals surface area contributed by atoms with Crippen LogP contribution in [0.4, 0.5) is 0 Å². The second-order valence-corrected chi connectivity index (χ2v) is 4.57. The second kappa shape index (κ2) is 9.98. The lowest BCUT2D eigenvalue weighted by Gasteiger charge is -2.11. The molecule has 106 valence electrons. The molecule has 0 aliphatic heterocycles. The molecule has 18 heavy (non-hydrogen) atoms. The summed E-state index contributed by atoms with van der Waals surface area (Å²) >= 11 is 1.25. The van der Waals surface area contributed by atoms with Gasteiger partial charge >= 0.3 is 11.9 Å². The average Bonchev–Trinajstić information content (AvgIpc) is 2.25. The number of halogens is 1. The number of aliphatic carboxylic acids is 2. The first-order chi connectivity index (χ1) is 7.84. The van der Waals surface area contributed by atoms with Crippen molar-refractivity contribution in [1.82, 2.24) is 5.32 Å². The molecule has 1 unspecified atom stereocenters. The van der Waals surface area contributed by atoms with E-state index in [1.165, 1.54) is 11.8 Å². The number of amides is 1. The molecule has 0 saturated heterocycles. The normalized spacial score (nSPS) is 13.0. The molecule has 0 aromatic carbocycles. The summed E-state index contributed by atoms with van der Waals surface area (Å²) in [5.41, 5.74) is 5.49. The lowest BCUT2D eigenvalue weighted by Crippen LogP contribution is -2.44. The van der Waals surface area contributed by atoms with Crippen molar-refractivity contribution in [3.63, 3.8) is 0 Å². The van der Waals surface area contributed by atoms with E-state index in [9.17, 15) is 14.4 Å². The average molecular weight is 301 g/mol. The van der Waals surface area contributed by atoms with Gasteiger partial charge in [-0.25, -0.2) is 0 Å². The van der Waals surface area contributed by atoms with Crippen LogP contribution in [0.1, 0.15) is 6.92 Å². The van der Waals surface area contributed by atoms with Gasteiger partial charge in [0, 0.05) is 11.5 Å². The van der Waals surface area contributed by atoms with Gasteiger partial charge in [-0.05, 0) is 0 Å². The van der Waals surface area contributed by atoms with E-state index >= 15 is 0 Å². The van der Waals surface area contributed by atoms with Gasteiger partial charge in [-0.1, -0.05) is 6.92 Å². The fourth-order valence-electron chi connectivity index (χ4n) is 0.813. The Bertz CT molecular complexity index is 303. The first-order valence-corrected chi connectivity index (χ1v) is 6.05. The van der Waals surface area contributed by atoms with Gasteiger partial charge in [0.25, 0.3) is 0 Å². The van der Waals surface area contributed by atoms with Gasteiger partial charge < -0.3 is 21.3 Å². The van der Waals surface area contributed by atoms with Crippen molar-refractivity contribution in [2.75, 3.05) is 18.1 Å². The Labute approximate surface area is 115 Å². The molecular weight excluding hydrogens is 284 g/mol. The molecule has 0 heterocycles. The summed E-state index contributed by atoms with van der Waals surface area (Å²) in [7, 11) is 0. The van der Waals surface area contributed by atoms with Crippen LogP contribution in [0.15, 0.2) is 0 Å². The lowest BCUT2D eigenvalue weighted by atomic mass is 10.2. The van der Waals surface area contributed by atoms with Gasteiger partial charge in [-0.15, -0.1) is 12.4 Å². The van der Waals surface area contributed by atoms with Crippen molar-refractivity contribution in [3.05, 3.63) is 0 Å². The summed E-state index contributed by atoms with van der Waals surface area (Å²) in [6.07, 6.45) is 0. The molecule has 9 heteroatoms. The first kappa shape index (κ1) is 19.4. The Morgan fingerprint density at radius 1 is 1.28 bits per heavy atom. The van der Waals surface area contributed by atoms with Crippen LogP contribution < -0.4 is 11.1 Å². The van der Waals surface area contributed by atoms with Gasteiger partial charge in [0.1, 0.15) is 6.54 Å². The van der Waals surface area contributed by atoms with E-state index in [4.69, 9.17) is 15.9 Å². The third kappa shape index (κ3) is 9.08. The number of carboxylic acid groups (broad SMARTS) is 2. The van der Waals surface area contributed by atoms with Crippen molar-refractivity contribution in [1.29, 1.82) is 0 Å². The zero-order chi connectivity index (χ0) is 13.4. The van der Waals surface area contributed by atoms with Crippen molar-refractivity contribution >= 4 is 42.0 Å². The molecule has 0 aliphatic rings. The van der Waals surface area contributed by atoms with Gasteiger partial charge in [0.15, 0.2) is 0 Å². The van der Waals surface area contributed by atoms with E-state index in [1.54, 1.807) is 6.92 Å². The highest BCUT2D eigenvalue weighted by atomic mass is 35.5. The van der Waals surface area contributed by atoms with Crippen molar-refractivity contribution in [2.24, 2.45) is 11.7 Å². The molecule has 5 N–H and O–H groups in total. The van der Waals surface area contributed by atoms with Gasteiger partial charge in [0.05, 0.1) is 12.0 Å². The fourth-order valence-corrected chi connectivity index (χ4v) is 1.85. The van der Waals surface area contributed by atoms with Crippen LogP contribution in [0, 0.1) is 5.92 Å². The van der Waals surface area contributed by atoms with E-state index in [2.05, 4.69) is 5.32 Å². The predicted molar refractivity (Wildman–Crippen MR) is 70.0 cm³/mol. The Hall–Kier alpha value is -0.990. The van der Waals surface area contributed by atoms with Crippen molar-refractivity contribution in [2.45, 2.75) is 13.0 Å². The number of hydrogen-bond acceptors (Lipinski definition) is 5. The number of carbonyl (C=O) groups excluding carboxylic acids is 1. The summed E-state index contributed by atoms with van der Waals surface area (Å²) in [5.74, 6) is -2.49. The highest BCUT2D eigenvalue weighted by molar-refractivity contribution is 7.99. The Morgan fingerprint density at radius 3 is 2.28 bits per heavy atom. The summed E-state index contributed by atoms with van der Waals surface area (Å²) in [6, 6.07) is -0.833. The summed E-state index contributed by atoms with van der Waals surface area (Å²) in [4.78, 5) is 31.9. The van der Waals surface area contributed by atoms with Crippen LogP contribution in [-0.2, 0) is 14.4 Å². The van der Waals surface area contributed by atoms with E-state index in [0.29, 0.717) is 5.75 Å². The third-order valence-corrected chi connectivity index (χ3v) is 3.17. The van der Waals surface area contributed by atoms with Gasteiger partial charge in [-0.3, -0.25) is 14.4 Å². The zero-order valence-corrected chi connectivity index (χ0v) is 11.4. The van der Waals surface area contributed by atoms with Gasteiger partial charge in [-0.2, -0.15) is 11.8 Å². The number of nitrogens with two attached hydrogens (primary N) is 1. The summed E-state index contributed by atoms with van der Waals surface area (Å²) in [6.45, 7) is 1.09. The van der Waals surface area contributed by atoms with E-state index in [0.717, 1.165) is 0 Å². The minimum atomic E-state index is -1.14. The molecule has 0 aliphatic carbocycles. The van der Waals surface area contributed by atoms with Crippen molar-refractivity contribution in [3.8, 4) is 0 Å². The fraction of sp³-hybridized carbons (Fsp3) is 0.667. The highest BCUT2D eigenvalue weighted by Crippen LogP contribution is 2.09. The Balaban J connectivity index is 0. The highest BCUT2D eigenvalue weighted by Gasteiger charge is 2.16. The molecule has 0 aromatic rings. The molecule has 0 radical (unpaired) electrons. The minimum Gasteiger partial charge on any atom is -0.481 e. The first-order valence-electron chi connectivity index (χ1n) is 4.90. The lowest BCUT2D eigenvalue weighted by molar-refractivity contribution is -0.140. The van der Waals surface area contributed by atoms with Crippen LogP contribution in [0.5, 0.6) is 0 Å². The predicted octanol–water partition coefficient (Wildman–Crippen LogP) is -0.610. The van der Waals surface area contributed by atoms with Crippen LogP contribution >= 0.6 is 24.2 Å². The minimum absolute atomic E-state index is 0. The SMILES string of the molecule is CC(CSC[C@H](N)C(=O)NCC(=O)O)C(=O)O.Cl. The van der Waals surface area contributed by atoms with E-state index in [-0.39, 0.29) is 18.2 Å². The molecule has 0 fully saturated rings. The quantitative estimate of drug-likeness (QED) is 0.470. The maximum Gasteiger partial charge on any atom is 0.322 e. The molecule has 0 saturated carbocycles. The number of thioether (sulfide) groups is 1. The number of hydrogen-bond donors (Lipinski definition) is 4. The molecule has 0 rings (SSSR count). The Kier molecular flexibility index (Phi) is 10.7. The number of carboxylic acids is 2. The summed E-state index contributed by atoms with van der Waals surface area (Å²) in [5, 5.41) is 19.1.